The summed E-state index contributed by atoms with van der Waals surface area (Å²) in [7, 11) is -1.16. The van der Waals surface area contributed by atoms with E-state index in [0.29, 0.717) is 19.6 Å². The fourth-order valence-corrected chi connectivity index (χ4v) is 1.74. The molecule has 0 spiro atoms. The molecule has 1 heterocycles. The molecule has 1 saturated heterocycles. The van der Waals surface area contributed by atoms with E-state index in [4.69, 9.17) is 4.74 Å². The Balaban J connectivity index is 2.11. The molecule has 6 heteroatoms. The summed E-state index contributed by atoms with van der Waals surface area (Å²) in [4.78, 5) is 22.0. The van der Waals surface area contributed by atoms with Gasteiger partial charge in [0, 0.05) is 14.5 Å². The quantitative estimate of drug-likeness (QED) is 0.583. The van der Waals surface area contributed by atoms with Crippen molar-refractivity contribution in [2.24, 2.45) is 0 Å². The molecule has 0 unspecified atom stereocenters. The smallest absolute Gasteiger partial charge is 0.426 e. The summed E-state index contributed by atoms with van der Waals surface area (Å²) in [5.74, 6) is -0.0582. The maximum absolute atomic E-state index is 11.2. The Bertz CT molecular complexity index is 263. The summed E-state index contributed by atoms with van der Waals surface area (Å²) in [6, 6.07) is 0.939. The molecule has 0 aromatic heterocycles. The fraction of sp³-hybridized carbons (Fsp3) is 0.778. The van der Waals surface area contributed by atoms with E-state index in [9.17, 15) is 9.59 Å². The van der Waals surface area contributed by atoms with E-state index < -0.39 is 14.2 Å². The molecule has 0 aromatic rings. The minimum absolute atomic E-state index is 0.0582. The van der Waals surface area contributed by atoms with Crippen LogP contribution in [-0.2, 0) is 9.53 Å². The summed E-state index contributed by atoms with van der Waals surface area (Å²) >= 11 is 0. The number of rotatable bonds is 4. The van der Waals surface area contributed by atoms with Gasteiger partial charge >= 0.3 is 6.09 Å². The average Bonchev–Trinajstić information content (AvgIpc) is 2.10. The molecule has 1 aliphatic rings. The van der Waals surface area contributed by atoms with Crippen molar-refractivity contribution in [2.45, 2.75) is 32.1 Å². The molecular formula is C9H18N2O3Si. The van der Waals surface area contributed by atoms with Crippen LogP contribution in [0.1, 0.15) is 6.42 Å². The van der Waals surface area contributed by atoms with Gasteiger partial charge in [0.15, 0.2) is 0 Å². The molecule has 5 nitrogen and oxygen atoms in total. The highest BCUT2D eigenvalue weighted by Crippen LogP contribution is 2.08. The number of hydrogen-bond donors (Lipinski definition) is 1. The Kier molecular flexibility index (Phi) is 3.73. The molecule has 0 bridgehead atoms. The van der Waals surface area contributed by atoms with Gasteiger partial charge in [0.25, 0.3) is 0 Å². The monoisotopic (exact) mass is 230 g/mol. The van der Waals surface area contributed by atoms with Crippen LogP contribution in [0, 0.1) is 0 Å². The first kappa shape index (κ1) is 12.0. The van der Waals surface area contributed by atoms with Crippen LogP contribution in [0.3, 0.4) is 0 Å². The Morgan fingerprint density at radius 2 is 2.20 bits per heavy atom. The summed E-state index contributed by atoms with van der Waals surface area (Å²) < 4.78 is 4.96. The third-order valence-electron chi connectivity index (χ3n) is 2.16. The van der Waals surface area contributed by atoms with Crippen molar-refractivity contribution in [2.75, 3.05) is 13.2 Å². The largest absolute Gasteiger partial charge is 0.449 e. The lowest BCUT2D eigenvalue weighted by Crippen LogP contribution is -2.54. The molecule has 2 amide bonds. The summed E-state index contributed by atoms with van der Waals surface area (Å²) in [5, 5.41) is 1.27. The van der Waals surface area contributed by atoms with Gasteiger partial charge in [-0.15, -0.1) is 0 Å². The van der Waals surface area contributed by atoms with Crippen molar-refractivity contribution in [3.05, 3.63) is 0 Å². The number of amides is 2. The maximum Gasteiger partial charge on any atom is 0.426 e. The Hall–Kier alpha value is -1.04. The number of carbonyl (C=O) groups is 2. The Morgan fingerprint density at radius 3 is 2.60 bits per heavy atom. The van der Waals surface area contributed by atoms with Crippen molar-refractivity contribution < 1.29 is 14.3 Å². The van der Waals surface area contributed by atoms with E-state index >= 15 is 0 Å². The van der Waals surface area contributed by atoms with E-state index in [1.807, 2.05) is 0 Å². The van der Waals surface area contributed by atoms with Gasteiger partial charge in [0.2, 0.25) is 5.91 Å². The van der Waals surface area contributed by atoms with Crippen LogP contribution in [0.5, 0.6) is 0 Å². The van der Waals surface area contributed by atoms with Gasteiger partial charge in [-0.3, -0.25) is 9.80 Å². The molecular weight excluding hydrogens is 212 g/mol. The highest BCUT2D eigenvalue weighted by atomic mass is 28.3. The number of nitrogens with zero attached hydrogens (tertiary/aromatic N) is 1. The topological polar surface area (TPSA) is 58.6 Å². The first-order valence-electron chi connectivity index (χ1n) is 5.12. The van der Waals surface area contributed by atoms with Crippen molar-refractivity contribution in [3.63, 3.8) is 0 Å². The molecule has 0 aromatic carbocycles. The number of β-lactam (4-membered cyclic amide) rings is 1. The van der Waals surface area contributed by atoms with Crippen LogP contribution in [0.4, 0.5) is 4.79 Å². The molecule has 1 fully saturated rings. The molecule has 1 N–H and O–H groups in total. The molecule has 15 heavy (non-hydrogen) atoms. The average molecular weight is 230 g/mol. The van der Waals surface area contributed by atoms with Gasteiger partial charge in [-0.05, 0) is 6.04 Å². The number of hydrazine groups is 1. The number of carbonyl (C=O) groups excluding carboxylic acids is 2. The van der Waals surface area contributed by atoms with Crippen LogP contribution in [0.25, 0.3) is 0 Å². The second-order valence-corrected chi connectivity index (χ2v) is 10.5. The van der Waals surface area contributed by atoms with Gasteiger partial charge in [0.1, 0.15) is 0 Å². The minimum atomic E-state index is -1.16. The molecule has 0 saturated carbocycles. The standard InChI is InChI=1S/C9H18N2O3Si/c1-15(2,3)7-6-14-9(13)10-11-5-4-8(11)12/h4-7H2,1-3H3,(H,10,13). The molecule has 0 aliphatic carbocycles. The van der Waals surface area contributed by atoms with E-state index in [0.717, 1.165) is 6.04 Å². The van der Waals surface area contributed by atoms with Crippen LogP contribution >= 0.6 is 0 Å². The SMILES string of the molecule is C[Si](C)(C)CCOC(=O)NN1CCC1=O. The van der Waals surface area contributed by atoms with Gasteiger partial charge < -0.3 is 4.74 Å². The fourth-order valence-electron chi connectivity index (χ4n) is 1.03. The Labute approximate surface area is 90.8 Å². The maximum atomic E-state index is 11.2. The molecule has 86 valence electrons. The molecule has 0 atom stereocenters. The normalized spacial score (nSPS) is 15.9. The summed E-state index contributed by atoms with van der Waals surface area (Å²) in [6.07, 6.45) is -0.0175. The number of ether oxygens (including phenoxy) is 1. The molecule has 1 rings (SSSR count). The lowest BCUT2D eigenvalue weighted by atomic mass is 10.2. The zero-order valence-corrected chi connectivity index (χ0v) is 10.5. The van der Waals surface area contributed by atoms with Crippen LogP contribution in [0.15, 0.2) is 0 Å². The molecule has 0 radical (unpaired) electrons. The van der Waals surface area contributed by atoms with E-state index in [2.05, 4.69) is 25.1 Å². The van der Waals surface area contributed by atoms with Crippen molar-refractivity contribution >= 4 is 20.1 Å². The van der Waals surface area contributed by atoms with Crippen molar-refractivity contribution in [1.29, 1.82) is 0 Å². The number of hydrogen-bond acceptors (Lipinski definition) is 3. The number of nitrogens with one attached hydrogen (secondary N) is 1. The van der Waals surface area contributed by atoms with Gasteiger partial charge in [-0.25, -0.2) is 10.2 Å². The first-order chi connectivity index (χ1) is 6.88. The van der Waals surface area contributed by atoms with Crippen LogP contribution in [0.2, 0.25) is 25.7 Å². The van der Waals surface area contributed by atoms with Gasteiger partial charge in [0.05, 0.1) is 13.2 Å². The summed E-state index contributed by atoms with van der Waals surface area (Å²) in [6.45, 7) is 7.67. The van der Waals surface area contributed by atoms with E-state index in [-0.39, 0.29) is 5.91 Å². The second-order valence-electron chi connectivity index (χ2n) is 4.85. The lowest BCUT2D eigenvalue weighted by molar-refractivity contribution is -0.143. The second kappa shape index (κ2) is 4.65. The van der Waals surface area contributed by atoms with Gasteiger partial charge in [-0.2, -0.15) is 0 Å². The van der Waals surface area contributed by atoms with E-state index in [1.54, 1.807) is 0 Å². The first-order valence-corrected chi connectivity index (χ1v) is 8.83. The van der Waals surface area contributed by atoms with Crippen LogP contribution in [-0.4, -0.2) is 38.2 Å². The Morgan fingerprint density at radius 1 is 1.53 bits per heavy atom. The third-order valence-corrected chi connectivity index (χ3v) is 3.87. The molecule has 1 aliphatic heterocycles. The predicted molar refractivity (Wildman–Crippen MR) is 59.0 cm³/mol. The highest BCUT2D eigenvalue weighted by molar-refractivity contribution is 6.76. The van der Waals surface area contributed by atoms with E-state index in [1.165, 1.54) is 5.01 Å². The zero-order valence-electron chi connectivity index (χ0n) is 9.50. The van der Waals surface area contributed by atoms with Crippen molar-refractivity contribution in [1.82, 2.24) is 10.4 Å². The third kappa shape index (κ3) is 4.33. The van der Waals surface area contributed by atoms with Gasteiger partial charge in [-0.1, -0.05) is 19.6 Å². The summed E-state index contributed by atoms with van der Waals surface area (Å²) in [5.41, 5.74) is 2.39. The van der Waals surface area contributed by atoms with Crippen molar-refractivity contribution in [3.8, 4) is 0 Å². The van der Waals surface area contributed by atoms with Crippen LogP contribution < -0.4 is 5.43 Å². The predicted octanol–water partition coefficient (Wildman–Crippen LogP) is 1.20. The minimum Gasteiger partial charge on any atom is -0.449 e. The lowest BCUT2D eigenvalue weighted by Gasteiger charge is -2.30. The highest BCUT2D eigenvalue weighted by Gasteiger charge is 2.25. The zero-order chi connectivity index (χ0) is 11.5.